The maximum absolute atomic E-state index is 12.7. The Morgan fingerprint density at radius 3 is 0.938 bits per heavy atom. The lowest BCUT2D eigenvalue weighted by Gasteiger charge is -2.18. The number of hydrogen-bond acceptors (Lipinski definition) is 6. The van der Waals surface area contributed by atoms with Gasteiger partial charge < -0.3 is 14.2 Å². The van der Waals surface area contributed by atoms with Crippen LogP contribution in [0.3, 0.4) is 0 Å². The fourth-order valence-electron chi connectivity index (χ4n) is 5.66. The molecule has 65 heavy (non-hydrogen) atoms. The number of unbranched alkanes of at least 4 members (excludes halogenated alkanes) is 3. The average molecular weight is 891 g/mol. The molecule has 0 spiro atoms. The van der Waals surface area contributed by atoms with E-state index in [1.165, 1.54) is 0 Å². The second-order valence-electron chi connectivity index (χ2n) is 15.2. The minimum absolute atomic E-state index is 0.0659. The predicted molar refractivity (Wildman–Crippen MR) is 278 cm³/mol. The van der Waals surface area contributed by atoms with Crippen LogP contribution in [0.4, 0.5) is 0 Å². The average Bonchev–Trinajstić information content (AvgIpc) is 3.30. The van der Waals surface area contributed by atoms with Crippen molar-refractivity contribution in [3.8, 4) is 0 Å². The topological polar surface area (TPSA) is 78.9 Å². The molecule has 0 aliphatic carbocycles. The lowest BCUT2D eigenvalue weighted by Crippen LogP contribution is -2.30. The van der Waals surface area contributed by atoms with Crippen LogP contribution in [0.25, 0.3) is 0 Å². The van der Waals surface area contributed by atoms with Crippen LogP contribution in [0, 0.1) is 0 Å². The van der Waals surface area contributed by atoms with Crippen LogP contribution in [0.1, 0.15) is 162 Å². The Kier molecular flexibility index (Phi) is 47.3. The molecule has 0 aromatic carbocycles. The number of carbonyl (C=O) groups excluding carboxylic acids is 3. The molecule has 0 radical (unpaired) electrons. The third-order valence-electron chi connectivity index (χ3n) is 9.23. The molecule has 0 amide bonds. The highest BCUT2D eigenvalue weighted by atomic mass is 16.6. The van der Waals surface area contributed by atoms with Crippen molar-refractivity contribution in [2.45, 2.75) is 168 Å². The zero-order chi connectivity index (χ0) is 47.2. The Hall–Kier alpha value is -5.23. The van der Waals surface area contributed by atoms with E-state index in [-0.39, 0.29) is 44.4 Å². The Bertz CT molecular complexity index is 1590. The monoisotopic (exact) mass is 891 g/mol. The first-order valence-corrected chi connectivity index (χ1v) is 24.6. The van der Waals surface area contributed by atoms with Crippen LogP contribution in [-0.4, -0.2) is 37.2 Å². The van der Waals surface area contributed by atoms with Crippen LogP contribution in [0.5, 0.6) is 0 Å². The molecule has 0 fully saturated rings. The zero-order valence-corrected chi connectivity index (χ0v) is 40.7. The molecule has 358 valence electrons. The van der Waals surface area contributed by atoms with Gasteiger partial charge in [-0.3, -0.25) is 14.4 Å². The molecular formula is C59H86O6. The first kappa shape index (κ1) is 59.8. The fraction of sp³-hybridized carbons (Fsp3) is 0.475. The van der Waals surface area contributed by atoms with Crippen molar-refractivity contribution in [3.63, 3.8) is 0 Å². The van der Waals surface area contributed by atoms with Gasteiger partial charge in [0.2, 0.25) is 0 Å². The Balaban J connectivity index is 4.72. The van der Waals surface area contributed by atoms with Crippen molar-refractivity contribution in [2.75, 3.05) is 13.2 Å². The quantitative estimate of drug-likeness (QED) is 0.0263. The maximum atomic E-state index is 12.7. The third kappa shape index (κ3) is 49.6. The highest BCUT2D eigenvalue weighted by Crippen LogP contribution is 2.08. The van der Waals surface area contributed by atoms with Gasteiger partial charge in [-0.1, -0.05) is 191 Å². The second-order valence-corrected chi connectivity index (χ2v) is 15.2. The smallest absolute Gasteiger partial charge is 0.310 e. The Morgan fingerprint density at radius 2 is 0.600 bits per heavy atom. The van der Waals surface area contributed by atoms with E-state index in [1.54, 1.807) is 6.08 Å². The molecule has 0 saturated carbocycles. The molecule has 0 heterocycles. The summed E-state index contributed by atoms with van der Waals surface area (Å²) in [5.41, 5.74) is 0. The van der Waals surface area contributed by atoms with Crippen molar-refractivity contribution >= 4 is 17.9 Å². The lowest BCUT2D eigenvalue weighted by molar-refractivity contribution is -0.166. The molecule has 0 rings (SSSR count). The van der Waals surface area contributed by atoms with E-state index in [0.717, 1.165) is 103 Å². The molecular weight excluding hydrogens is 805 g/mol. The fourth-order valence-corrected chi connectivity index (χ4v) is 5.66. The van der Waals surface area contributed by atoms with Crippen molar-refractivity contribution in [1.29, 1.82) is 0 Å². The number of carbonyl (C=O) groups is 3. The summed E-state index contributed by atoms with van der Waals surface area (Å²) < 4.78 is 16.6. The number of hydrogen-bond donors (Lipinski definition) is 0. The first-order chi connectivity index (χ1) is 32.0. The number of allylic oxidation sites excluding steroid dienone is 27. The highest BCUT2D eigenvalue weighted by Gasteiger charge is 2.19. The Morgan fingerprint density at radius 1 is 0.323 bits per heavy atom. The molecule has 1 unspecified atom stereocenters. The van der Waals surface area contributed by atoms with Gasteiger partial charge in [-0.15, -0.1) is 0 Å². The van der Waals surface area contributed by atoms with Crippen LogP contribution >= 0.6 is 0 Å². The number of esters is 3. The number of ether oxygens (including phenoxy) is 3. The molecule has 0 N–H and O–H groups in total. The van der Waals surface area contributed by atoms with Gasteiger partial charge in [0.15, 0.2) is 6.10 Å². The molecule has 6 heteroatoms. The van der Waals surface area contributed by atoms with Crippen LogP contribution in [-0.2, 0) is 28.6 Å². The van der Waals surface area contributed by atoms with Crippen LogP contribution in [0.2, 0.25) is 0 Å². The molecule has 1 atom stereocenters. The summed E-state index contributed by atoms with van der Waals surface area (Å²) in [5, 5.41) is 0. The summed E-state index contributed by atoms with van der Waals surface area (Å²) in [6, 6.07) is 0. The standard InChI is InChI=1S/C59H86O6/c1-4-7-10-13-16-19-22-25-28-29-32-34-37-40-43-46-49-52-58(61)64-55-56(65-59(62)53-50-47-44-41-38-35-31-27-24-21-18-15-12-9-6-3)54-63-57(60)51-48-45-42-39-36-33-30-26-23-20-17-14-11-8-5-2/h7-12,16-21,25-28,30-32,34,36,38-41,43,47,50,56H,4-6,13-15,22-24,29,33,35,37,42,44-46,48-49,51-55H2,1-3H3/b10-7-,11-8-,12-9-,19-16-,20-17-,21-18-,28-25-,30-26-,31-27-,34-32-,39-36-,41-38-,43-40-,50-47-. The normalized spacial score (nSPS) is 13.6. The van der Waals surface area contributed by atoms with Gasteiger partial charge in [0.25, 0.3) is 0 Å². The van der Waals surface area contributed by atoms with Gasteiger partial charge in [-0.05, 0) is 122 Å². The minimum Gasteiger partial charge on any atom is -0.462 e. The molecule has 0 aromatic rings. The van der Waals surface area contributed by atoms with Gasteiger partial charge in [-0.2, -0.15) is 0 Å². The van der Waals surface area contributed by atoms with Crippen molar-refractivity contribution in [2.24, 2.45) is 0 Å². The summed E-state index contributed by atoms with van der Waals surface area (Å²) in [6.45, 7) is 6.08. The second kappa shape index (κ2) is 51.4. The molecule has 0 bridgehead atoms. The lowest BCUT2D eigenvalue weighted by atomic mass is 10.2. The van der Waals surface area contributed by atoms with Crippen molar-refractivity contribution < 1.29 is 28.6 Å². The van der Waals surface area contributed by atoms with E-state index < -0.39 is 12.1 Å². The zero-order valence-electron chi connectivity index (χ0n) is 40.7. The van der Waals surface area contributed by atoms with E-state index in [0.29, 0.717) is 19.3 Å². The van der Waals surface area contributed by atoms with E-state index in [9.17, 15) is 14.4 Å². The molecule has 6 nitrogen and oxygen atoms in total. The SMILES string of the molecule is CC/C=C\C/C=C\C/C=C\C/C=C\C/C=C\CCCC(=O)OCC(COC(=O)CCCC/C=C\C/C=C\C/C=C\C/C=C\CC)OC(=O)C/C=C\C/C=C\C/C=C\C/C=C\C/C=C\CC. The Labute approximate surface area is 396 Å². The van der Waals surface area contributed by atoms with Crippen LogP contribution < -0.4 is 0 Å². The first-order valence-electron chi connectivity index (χ1n) is 24.6. The van der Waals surface area contributed by atoms with Gasteiger partial charge in [0.05, 0.1) is 6.42 Å². The maximum Gasteiger partial charge on any atom is 0.310 e. The van der Waals surface area contributed by atoms with Gasteiger partial charge in [-0.25, -0.2) is 0 Å². The van der Waals surface area contributed by atoms with E-state index in [1.807, 2.05) is 6.08 Å². The molecule has 0 aliphatic rings. The van der Waals surface area contributed by atoms with Crippen LogP contribution in [0.15, 0.2) is 170 Å². The minimum atomic E-state index is -0.881. The van der Waals surface area contributed by atoms with E-state index >= 15 is 0 Å². The van der Waals surface area contributed by atoms with Gasteiger partial charge in [0.1, 0.15) is 13.2 Å². The number of rotatable bonds is 41. The van der Waals surface area contributed by atoms with E-state index in [2.05, 4.69) is 179 Å². The van der Waals surface area contributed by atoms with Gasteiger partial charge in [0, 0.05) is 12.8 Å². The summed E-state index contributed by atoms with van der Waals surface area (Å²) in [6.07, 6.45) is 76.5. The van der Waals surface area contributed by atoms with Gasteiger partial charge >= 0.3 is 17.9 Å². The molecule has 0 saturated heterocycles. The summed E-state index contributed by atoms with van der Waals surface area (Å²) in [5.74, 6) is -1.21. The van der Waals surface area contributed by atoms with E-state index in [4.69, 9.17) is 14.2 Å². The third-order valence-corrected chi connectivity index (χ3v) is 9.23. The summed E-state index contributed by atoms with van der Waals surface area (Å²) in [4.78, 5) is 37.9. The van der Waals surface area contributed by atoms with Crippen molar-refractivity contribution in [3.05, 3.63) is 170 Å². The van der Waals surface area contributed by atoms with Crippen molar-refractivity contribution in [1.82, 2.24) is 0 Å². The summed E-state index contributed by atoms with van der Waals surface area (Å²) >= 11 is 0. The molecule has 0 aliphatic heterocycles. The predicted octanol–water partition coefficient (Wildman–Crippen LogP) is 16.4. The summed E-state index contributed by atoms with van der Waals surface area (Å²) in [7, 11) is 0. The largest absolute Gasteiger partial charge is 0.462 e. The highest BCUT2D eigenvalue weighted by molar-refractivity contribution is 5.72. The molecule has 0 aromatic heterocycles.